The number of likely N-dealkylation sites (tertiary alicyclic amines) is 1. The summed E-state index contributed by atoms with van der Waals surface area (Å²) in [6.07, 6.45) is 6.66. The third-order valence-electron chi connectivity index (χ3n) is 5.88. The van der Waals surface area contributed by atoms with Crippen LogP contribution in [0.5, 0.6) is 11.5 Å². The molecule has 5 heteroatoms. The van der Waals surface area contributed by atoms with Crippen molar-refractivity contribution in [3.05, 3.63) is 89.7 Å². The molecule has 2 heterocycles. The Labute approximate surface area is 190 Å². The van der Waals surface area contributed by atoms with Gasteiger partial charge in [0.1, 0.15) is 6.61 Å². The van der Waals surface area contributed by atoms with E-state index in [0.29, 0.717) is 36.2 Å². The zero-order chi connectivity index (χ0) is 22.2. The molecule has 32 heavy (non-hydrogen) atoms. The molecule has 1 aliphatic heterocycles. The molecule has 1 aliphatic rings. The molecule has 0 spiro atoms. The van der Waals surface area contributed by atoms with Crippen LogP contribution in [0, 0.1) is 5.92 Å². The van der Waals surface area contributed by atoms with Gasteiger partial charge in [0, 0.05) is 36.6 Å². The van der Waals surface area contributed by atoms with Crippen LogP contribution in [-0.2, 0) is 13.0 Å². The minimum Gasteiger partial charge on any atom is -0.490 e. The molecule has 0 bridgehead atoms. The second kappa shape index (κ2) is 10.8. The van der Waals surface area contributed by atoms with E-state index in [1.807, 2.05) is 36.1 Å². The van der Waals surface area contributed by atoms with Crippen LogP contribution in [0.25, 0.3) is 0 Å². The average Bonchev–Trinajstić information content (AvgIpc) is 2.85. The third-order valence-corrected chi connectivity index (χ3v) is 5.88. The van der Waals surface area contributed by atoms with Crippen molar-refractivity contribution in [1.29, 1.82) is 0 Å². The van der Waals surface area contributed by atoms with Gasteiger partial charge >= 0.3 is 0 Å². The maximum absolute atomic E-state index is 13.1. The Morgan fingerprint density at radius 3 is 2.47 bits per heavy atom. The highest BCUT2D eigenvalue weighted by atomic mass is 16.5. The van der Waals surface area contributed by atoms with Gasteiger partial charge < -0.3 is 14.4 Å². The van der Waals surface area contributed by atoms with E-state index in [-0.39, 0.29) is 5.91 Å². The number of hydrogen-bond donors (Lipinski definition) is 0. The van der Waals surface area contributed by atoms with Crippen LogP contribution in [-0.4, -0.2) is 35.5 Å². The molecule has 4 rings (SSSR count). The molecule has 0 saturated carbocycles. The lowest BCUT2D eigenvalue weighted by molar-refractivity contribution is 0.0690. The summed E-state index contributed by atoms with van der Waals surface area (Å²) in [6, 6.07) is 19.9. The molecule has 0 atom stereocenters. The van der Waals surface area contributed by atoms with Gasteiger partial charge in [0.15, 0.2) is 11.5 Å². The number of piperidine rings is 1. The van der Waals surface area contributed by atoms with Crippen LogP contribution in [0.3, 0.4) is 0 Å². The van der Waals surface area contributed by atoms with Crippen molar-refractivity contribution in [2.45, 2.75) is 32.8 Å². The molecule has 166 valence electrons. The summed E-state index contributed by atoms with van der Waals surface area (Å²) in [7, 11) is 0. The highest BCUT2D eigenvalue weighted by Gasteiger charge is 2.24. The van der Waals surface area contributed by atoms with Gasteiger partial charge in [0.25, 0.3) is 5.91 Å². The van der Waals surface area contributed by atoms with E-state index in [1.165, 1.54) is 5.56 Å². The minimum absolute atomic E-state index is 0.0583. The van der Waals surface area contributed by atoms with Gasteiger partial charge in [-0.05, 0) is 61.9 Å². The first kappa shape index (κ1) is 21.9. The Balaban J connectivity index is 1.37. The van der Waals surface area contributed by atoms with E-state index in [1.54, 1.807) is 18.5 Å². The molecular weight excluding hydrogens is 400 g/mol. The molecule has 0 aliphatic carbocycles. The smallest absolute Gasteiger partial charge is 0.253 e. The van der Waals surface area contributed by atoms with E-state index in [0.717, 1.165) is 37.9 Å². The van der Waals surface area contributed by atoms with Gasteiger partial charge in [-0.1, -0.05) is 36.4 Å². The largest absolute Gasteiger partial charge is 0.490 e. The van der Waals surface area contributed by atoms with Gasteiger partial charge in [-0.15, -0.1) is 0 Å². The van der Waals surface area contributed by atoms with Crippen molar-refractivity contribution >= 4 is 5.91 Å². The van der Waals surface area contributed by atoms with Crippen molar-refractivity contribution in [3.63, 3.8) is 0 Å². The van der Waals surface area contributed by atoms with Gasteiger partial charge in [0.2, 0.25) is 0 Å². The zero-order valence-corrected chi connectivity index (χ0v) is 18.6. The standard InChI is InChI=1S/C27H30N2O3/c1-2-31-26-18-24(10-11-25(26)32-20-23-9-6-14-28-19-23)27(30)29-15-12-22(13-16-29)17-21-7-4-3-5-8-21/h3-11,14,18-19,22H,2,12-13,15-17,20H2,1H3. The molecule has 5 nitrogen and oxygen atoms in total. The molecule has 0 N–H and O–H groups in total. The van der Waals surface area contributed by atoms with Gasteiger partial charge in [0.05, 0.1) is 6.61 Å². The minimum atomic E-state index is 0.0583. The molecule has 3 aromatic rings. The Bertz CT molecular complexity index is 1000. The second-order valence-electron chi connectivity index (χ2n) is 8.17. The predicted octanol–water partition coefficient (Wildman–Crippen LogP) is 5.15. The van der Waals surface area contributed by atoms with Crippen molar-refractivity contribution in [1.82, 2.24) is 9.88 Å². The van der Waals surface area contributed by atoms with Crippen LogP contribution in [0.4, 0.5) is 0 Å². The lowest BCUT2D eigenvalue weighted by atomic mass is 9.90. The Hall–Kier alpha value is -3.34. The van der Waals surface area contributed by atoms with Crippen LogP contribution in [0.1, 0.15) is 41.3 Å². The van der Waals surface area contributed by atoms with Gasteiger partial charge in [-0.2, -0.15) is 0 Å². The Morgan fingerprint density at radius 2 is 1.75 bits per heavy atom. The lowest BCUT2D eigenvalue weighted by Gasteiger charge is -2.32. The first-order valence-electron chi connectivity index (χ1n) is 11.3. The number of benzene rings is 2. The molecule has 1 amide bonds. The fraction of sp³-hybridized carbons (Fsp3) is 0.333. The van der Waals surface area contributed by atoms with Crippen LogP contribution < -0.4 is 9.47 Å². The highest BCUT2D eigenvalue weighted by Crippen LogP contribution is 2.30. The summed E-state index contributed by atoms with van der Waals surface area (Å²) in [5.74, 6) is 1.92. The molecule has 1 aromatic heterocycles. The monoisotopic (exact) mass is 430 g/mol. The summed E-state index contributed by atoms with van der Waals surface area (Å²) in [5, 5.41) is 0. The maximum atomic E-state index is 13.1. The number of pyridine rings is 1. The highest BCUT2D eigenvalue weighted by molar-refractivity contribution is 5.95. The topological polar surface area (TPSA) is 51.7 Å². The lowest BCUT2D eigenvalue weighted by Crippen LogP contribution is -2.38. The van der Waals surface area contributed by atoms with E-state index in [4.69, 9.17) is 9.47 Å². The fourth-order valence-corrected chi connectivity index (χ4v) is 4.14. The molecular formula is C27H30N2O3. The first-order chi connectivity index (χ1) is 15.7. The average molecular weight is 431 g/mol. The van der Waals surface area contributed by atoms with Crippen molar-refractivity contribution in [2.75, 3.05) is 19.7 Å². The predicted molar refractivity (Wildman–Crippen MR) is 125 cm³/mol. The SMILES string of the molecule is CCOc1cc(C(=O)N2CCC(Cc3ccccc3)CC2)ccc1OCc1cccnc1. The summed E-state index contributed by atoms with van der Waals surface area (Å²) >= 11 is 0. The van der Waals surface area contributed by atoms with Crippen molar-refractivity contribution in [2.24, 2.45) is 5.92 Å². The van der Waals surface area contributed by atoms with Gasteiger partial charge in [-0.25, -0.2) is 0 Å². The molecule has 0 radical (unpaired) electrons. The third kappa shape index (κ3) is 5.67. The number of ether oxygens (including phenoxy) is 2. The Morgan fingerprint density at radius 1 is 0.969 bits per heavy atom. The quantitative estimate of drug-likeness (QED) is 0.496. The number of rotatable bonds is 8. The van der Waals surface area contributed by atoms with E-state index in [2.05, 4.69) is 35.3 Å². The Kier molecular flexibility index (Phi) is 7.38. The van der Waals surface area contributed by atoms with Crippen LogP contribution in [0.2, 0.25) is 0 Å². The second-order valence-corrected chi connectivity index (χ2v) is 8.17. The molecule has 1 fully saturated rings. The molecule has 1 saturated heterocycles. The summed E-state index contributed by atoms with van der Waals surface area (Å²) in [5.41, 5.74) is 3.00. The van der Waals surface area contributed by atoms with Gasteiger partial charge in [-0.3, -0.25) is 9.78 Å². The van der Waals surface area contributed by atoms with Crippen molar-refractivity contribution in [3.8, 4) is 11.5 Å². The maximum Gasteiger partial charge on any atom is 0.253 e. The van der Waals surface area contributed by atoms with Crippen LogP contribution in [0.15, 0.2) is 73.1 Å². The normalized spacial score (nSPS) is 14.2. The number of carbonyl (C=O) groups is 1. The molecule has 2 aromatic carbocycles. The number of amides is 1. The summed E-state index contributed by atoms with van der Waals surface area (Å²) in [6.45, 7) is 4.41. The van der Waals surface area contributed by atoms with Crippen LogP contribution >= 0.6 is 0 Å². The fourth-order valence-electron chi connectivity index (χ4n) is 4.14. The zero-order valence-electron chi connectivity index (χ0n) is 18.6. The summed E-state index contributed by atoms with van der Waals surface area (Å²) in [4.78, 5) is 19.2. The van der Waals surface area contributed by atoms with Crippen molar-refractivity contribution < 1.29 is 14.3 Å². The number of nitrogens with zero attached hydrogens (tertiary/aromatic N) is 2. The van der Waals surface area contributed by atoms with E-state index < -0.39 is 0 Å². The van der Waals surface area contributed by atoms with E-state index in [9.17, 15) is 4.79 Å². The number of carbonyl (C=O) groups excluding carboxylic acids is 1. The van der Waals surface area contributed by atoms with E-state index >= 15 is 0 Å². The molecule has 0 unspecified atom stereocenters. The summed E-state index contributed by atoms with van der Waals surface area (Å²) < 4.78 is 11.7. The number of hydrogen-bond acceptors (Lipinski definition) is 4. The number of aromatic nitrogens is 1. The first-order valence-corrected chi connectivity index (χ1v) is 11.3.